The van der Waals surface area contributed by atoms with Crippen LogP contribution in [0.25, 0.3) is 11.3 Å². The lowest BCUT2D eigenvalue weighted by molar-refractivity contribution is 0.573. The average Bonchev–Trinajstić information content (AvgIpc) is 2.77. The molecule has 0 saturated carbocycles. The predicted octanol–water partition coefficient (Wildman–Crippen LogP) is 1.34. The molecule has 2 aromatic rings. The third kappa shape index (κ3) is 1.54. The fourth-order valence-electron chi connectivity index (χ4n) is 1.99. The first-order chi connectivity index (χ1) is 7.43. The first kappa shape index (κ1) is 8.64. The summed E-state index contributed by atoms with van der Waals surface area (Å²) in [5.41, 5.74) is 1.47. The Morgan fingerprint density at radius 1 is 1.13 bits per heavy atom. The number of H-pyrrole nitrogens is 1. The van der Waals surface area contributed by atoms with E-state index in [4.69, 9.17) is 0 Å². The fraction of sp³-hybridized carbons (Fsp3) is 0.500. The molecule has 3 rings (SSSR count). The lowest BCUT2D eigenvalue weighted by Gasteiger charge is -2.27. The minimum Gasteiger partial charge on any atom is -0.355 e. The highest BCUT2D eigenvalue weighted by molar-refractivity contribution is 5.66. The first-order valence-electron chi connectivity index (χ1n) is 5.34. The zero-order valence-corrected chi connectivity index (χ0v) is 8.48. The molecule has 1 saturated heterocycles. The molecule has 0 bridgehead atoms. The van der Waals surface area contributed by atoms with Gasteiger partial charge in [0.15, 0.2) is 11.3 Å². The molecule has 0 amide bonds. The normalized spacial score (nSPS) is 17.2. The van der Waals surface area contributed by atoms with Crippen molar-refractivity contribution in [3.05, 3.63) is 12.5 Å². The van der Waals surface area contributed by atoms with Crippen molar-refractivity contribution in [2.24, 2.45) is 0 Å². The van der Waals surface area contributed by atoms with Crippen molar-refractivity contribution >= 4 is 17.1 Å². The van der Waals surface area contributed by atoms with Crippen LogP contribution in [0.2, 0.25) is 0 Å². The minimum absolute atomic E-state index is 0.691. The van der Waals surface area contributed by atoms with E-state index in [1.54, 1.807) is 6.33 Å². The Morgan fingerprint density at radius 2 is 2.00 bits per heavy atom. The molecule has 78 valence electrons. The van der Waals surface area contributed by atoms with Gasteiger partial charge in [0, 0.05) is 13.1 Å². The molecule has 1 N–H and O–H groups in total. The Bertz CT molecular complexity index is 458. The van der Waals surface area contributed by atoms with Gasteiger partial charge in [-0.2, -0.15) is 0 Å². The number of hydrogen-bond donors (Lipinski definition) is 1. The summed E-state index contributed by atoms with van der Waals surface area (Å²) < 4.78 is 0. The molecule has 5 nitrogen and oxygen atoms in total. The van der Waals surface area contributed by atoms with Crippen LogP contribution in [0.15, 0.2) is 12.5 Å². The summed E-state index contributed by atoms with van der Waals surface area (Å²) >= 11 is 0. The maximum atomic E-state index is 4.50. The highest BCUT2D eigenvalue weighted by Gasteiger charge is 2.13. The van der Waals surface area contributed by atoms with Crippen molar-refractivity contribution in [1.82, 2.24) is 19.9 Å². The molecular weight excluding hydrogens is 190 g/mol. The molecule has 15 heavy (non-hydrogen) atoms. The topological polar surface area (TPSA) is 57.7 Å². The second kappa shape index (κ2) is 3.49. The molecule has 0 aromatic carbocycles. The number of aromatic amines is 1. The zero-order chi connectivity index (χ0) is 10.1. The lowest BCUT2D eigenvalue weighted by Crippen LogP contribution is -2.30. The Hall–Kier alpha value is -1.65. The van der Waals surface area contributed by atoms with E-state index in [1.165, 1.54) is 19.3 Å². The van der Waals surface area contributed by atoms with Crippen LogP contribution in [0.5, 0.6) is 0 Å². The van der Waals surface area contributed by atoms with E-state index in [9.17, 15) is 0 Å². The van der Waals surface area contributed by atoms with Crippen molar-refractivity contribution in [1.29, 1.82) is 0 Å². The molecule has 1 fully saturated rings. The van der Waals surface area contributed by atoms with E-state index >= 15 is 0 Å². The molecular formula is C10H13N5. The van der Waals surface area contributed by atoms with Crippen LogP contribution in [0.4, 0.5) is 5.82 Å². The van der Waals surface area contributed by atoms with Crippen molar-refractivity contribution < 1.29 is 0 Å². The smallest absolute Gasteiger partial charge is 0.197 e. The lowest BCUT2D eigenvalue weighted by atomic mass is 10.1. The molecule has 1 aliphatic heterocycles. The van der Waals surface area contributed by atoms with Crippen molar-refractivity contribution in [3.8, 4) is 0 Å². The van der Waals surface area contributed by atoms with Gasteiger partial charge in [-0.3, -0.25) is 0 Å². The number of piperidine rings is 1. The summed E-state index contributed by atoms with van der Waals surface area (Å²) in [6.45, 7) is 2.18. The molecule has 2 aromatic heterocycles. The SMILES string of the molecule is c1nc2ncc(N3CCCCC3)nc2[nH]1. The Morgan fingerprint density at radius 3 is 2.87 bits per heavy atom. The Kier molecular flexibility index (Phi) is 2.01. The molecule has 0 aliphatic carbocycles. The van der Waals surface area contributed by atoms with Gasteiger partial charge in [-0.1, -0.05) is 0 Å². The summed E-state index contributed by atoms with van der Waals surface area (Å²) in [4.78, 5) is 18.1. The Labute approximate surface area is 87.6 Å². The standard InChI is InChI=1S/C10H13N5/c1-2-4-15(5-3-1)8-6-11-9-10(14-8)13-7-12-9/h6-7H,1-5H2,(H,11,12,13,14). The molecule has 5 heteroatoms. The summed E-state index contributed by atoms with van der Waals surface area (Å²) in [7, 11) is 0. The second-order valence-corrected chi connectivity index (χ2v) is 3.85. The molecule has 1 aliphatic rings. The second-order valence-electron chi connectivity index (χ2n) is 3.85. The maximum absolute atomic E-state index is 4.50. The van der Waals surface area contributed by atoms with Crippen LogP contribution in [0.1, 0.15) is 19.3 Å². The van der Waals surface area contributed by atoms with E-state index in [0.29, 0.717) is 5.65 Å². The molecule has 0 spiro atoms. The van der Waals surface area contributed by atoms with Crippen LogP contribution in [-0.4, -0.2) is 33.0 Å². The van der Waals surface area contributed by atoms with Crippen molar-refractivity contribution in [2.75, 3.05) is 18.0 Å². The van der Waals surface area contributed by atoms with Gasteiger partial charge in [-0.15, -0.1) is 0 Å². The number of rotatable bonds is 1. The number of anilines is 1. The van der Waals surface area contributed by atoms with Gasteiger partial charge in [0.2, 0.25) is 0 Å². The van der Waals surface area contributed by atoms with E-state index in [-0.39, 0.29) is 0 Å². The van der Waals surface area contributed by atoms with Gasteiger partial charge in [0.25, 0.3) is 0 Å². The highest BCUT2D eigenvalue weighted by atomic mass is 15.2. The zero-order valence-electron chi connectivity index (χ0n) is 8.48. The van der Waals surface area contributed by atoms with Gasteiger partial charge in [0.1, 0.15) is 5.82 Å². The number of nitrogens with zero attached hydrogens (tertiary/aromatic N) is 4. The summed E-state index contributed by atoms with van der Waals surface area (Å²) in [5.74, 6) is 0.964. The van der Waals surface area contributed by atoms with Gasteiger partial charge >= 0.3 is 0 Å². The number of hydrogen-bond acceptors (Lipinski definition) is 4. The third-order valence-electron chi connectivity index (χ3n) is 2.81. The monoisotopic (exact) mass is 203 g/mol. The Balaban J connectivity index is 1.95. The third-order valence-corrected chi connectivity index (χ3v) is 2.81. The number of aromatic nitrogens is 4. The van der Waals surface area contributed by atoms with Crippen LogP contribution in [0, 0.1) is 0 Å². The van der Waals surface area contributed by atoms with Gasteiger partial charge < -0.3 is 9.88 Å². The summed E-state index contributed by atoms with van der Waals surface area (Å²) in [6.07, 6.45) is 7.28. The highest BCUT2D eigenvalue weighted by Crippen LogP contribution is 2.17. The van der Waals surface area contributed by atoms with Crippen LogP contribution in [-0.2, 0) is 0 Å². The number of nitrogens with one attached hydrogen (secondary N) is 1. The van der Waals surface area contributed by atoms with Gasteiger partial charge in [0.05, 0.1) is 12.5 Å². The van der Waals surface area contributed by atoms with Gasteiger partial charge in [-0.05, 0) is 19.3 Å². The molecule has 0 unspecified atom stereocenters. The average molecular weight is 203 g/mol. The van der Waals surface area contributed by atoms with Crippen molar-refractivity contribution in [2.45, 2.75) is 19.3 Å². The van der Waals surface area contributed by atoms with Crippen molar-refractivity contribution in [3.63, 3.8) is 0 Å². The van der Waals surface area contributed by atoms with Crippen LogP contribution >= 0.6 is 0 Å². The quantitative estimate of drug-likeness (QED) is 0.760. The van der Waals surface area contributed by atoms with E-state index in [1.807, 2.05) is 6.20 Å². The molecule has 0 radical (unpaired) electrons. The fourth-order valence-corrected chi connectivity index (χ4v) is 1.99. The van der Waals surface area contributed by atoms with Crippen LogP contribution in [0.3, 0.4) is 0 Å². The maximum Gasteiger partial charge on any atom is 0.197 e. The van der Waals surface area contributed by atoms with Gasteiger partial charge in [-0.25, -0.2) is 15.0 Å². The van der Waals surface area contributed by atoms with Crippen LogP contribution < -0.4 is 4.90 Å². The predicted molar refractivity (Wildman–Crippen MR) is 57.7 cm³/mol. The summed E-state index contributed by atoms with van der Waals surface area (Å²) in [6, 6.07) is 0. The molecule has 3 heterocycles. The minimum atomic E-state index is 0.691. The van der Waals surface area contributed by atoms with E-state index in [2.05, 4.69) is 24.8 Å². The molecule has 0 atom stereocenters. The van der Waals surface area contributed by atoms with E-state index in [0.717, 1.165) is 24.6 Å². The number of fused-ring (bicyclic) bond motifs is 1. The van der Waals surface area contributed by atoms with E-state index < -0.39 is 0 Å². The summed E-state index contributed by atoms with van der Waals surface area (Å²) in [5, 5.41) is 0. The largest absolute Gasteiger partial charge is 0.355 e. The number of imidazole rings is 1. The first-order valence-corrected chi connectivity index (χ1v) is 5.34.